The first-order chi connectivity index (χ1) is 14.5. The van der Waals surface area contributed by atoms with Crippen LogP contribution in [0.25, 0.3) is 0 Å². The minimum atomic E-state index is -0.282. The Bertz CT molecular complexity index is 730. The summed E-state index contributed by atoms with van der Waals surface area (Å²) >= 11 is 0. The van der Waals surface area contributed by atoms with Crippen molar-refractivity contribution in [3.05, 3.63) is 0 Å². The SMILES string of the molecule is O=C1OC(=O)C2CC[C@H]3C4CC[C@H]5C(=O)OC(=O)[C@H]6CCC(C4C65)[C@H]4CCC1C2C43. The van der Waals surface area contributed by atoms with Gasteiger partial charge in [0.25, 0.3) is 0 Å². The highest BCUT2D eigenvalue weighted by molar-refractivity contribution is 5.92. The molecule has 0 aromatic rings. The molecule has 6 nitrogen and oxygen atoms in total. The Kier molecular flexibility index (Phi) is 3.55. The maximum absolute atomic E-state index is 12.6. The van der Waals surface area contributed by atoms with Crippen molar-refractivity contribution in [2.24, 2.45) is 71.0 Å². The van der Waals surface area contributed by atoms with E-state index in [4.69, 9.17) is 9.47 Å². The highest BCUT2D eigenvalue weighted by atomic mass is 16.6. The summed E-state index contributed by atoms with van der Waals surface area (Å²) < 4.78 is 10.3. The molecule has 7 aliphatic rings. The number of ether oxygens (including phenoxy) is 2. The van der Waals surface area contributed by atoms with Gasteiger partial charge in [0.2, 0.25) is 0 Å². The van der Waals surface area contributed by atoms with Crippen molar-refractivity contribution < 1.29 is 28.7 Å². The molecule has 2 heterocycles. The Morgan fingerprint density at radius 2 is 0.667 bits per heavy atom. The summed E-state index contributed by atoms with van der Waals surface area (Å²) in [5.41, 5.74) is 0. The van der Waals surface area contributed by atoms with Gasteiger partial charge in [0.15, 0.2) is 0 Å². The van der Waals surface area contributed by atoms with Gasteiger partial charge in [-0.05, 0) is 98.7 Å². The number of carbonyl (C=O) groups excluding carboxylic acids is 4. The van der Waals surface area contributed by atoms with Crippen LogP contribution in [0.3, 0.4) is 0 Å². The molecule has 0 spiro atoms. The molecular weight excluding hydrogens is 384 g/mol. The lowest BCUT2D eigenvalue weighted by atomic mass is 9.38. The molecule has 5 saturated carbocycles. The third-order valence-corrected chi connectivity index (χ3v) is 10.7. The number of esters is 4. The third-order valence-electron chi connectivity index (χ3n) is 10.7. The van der Waals surface area contributed by atoms with Crippen LogP contribution in [-0.4, -0.2) is 23.9 Å². The first-order valence-electron chi connectivity index (χ1n) is 12.1. The molecule has 0 radical (unpaired) electrons. The fourth-order valence-corrected chi connectivity index (χ4v) is 10.0. The topological polar surface area (TPSA) is 86.7 Å². The van der Waals surface area contributed by atoms with Gasteiger partial charge in [-0.15, -0.1) is 0 Å². The predicted molar refractivity (Wildman–Crippen MR) is 101 cm³/mol. The summed E-state index contributed by atoms with van der Waals surface area (Å²) in [6, 6.07) is 0. The highest BCUT2D eigenvalue weighted by Gasteiger charge is 2.67. The summed E-state index contributed by atoms with van der Waals surface area (Å²) in [7, 11) is 0. The average molecular weight is 412 g/mol. The van der Waals surface area contributed by atoms with Gasteiger partial charge in [0, 0.05) is 0 Å². The van der Waals surface area contributed by atoms with Crippen LogP contribution < -0.4 is 0 Å². The van der Waals surface area contributed by atoms with E-state index in [1.54, 1.807) is 0 Å². The second-order valence-corrected chi connectivity index (χ2v) is 11.2. The van der Waals surface area contributed by atoms with Crippen LogP contribution in [0, 0.1) is 71.0 Å². The van der Waals surface area contributed by atoms with Crippen molar-refractivity contribution in [2.45, 2.75) is 51.4 Å². The number of fused-ring (bicyclic) bond motifs is 2. The van der Waals surface area contributed by atoms with Crippen molar-refractivity contribution in [1.29, 1.82) is 0 Å². The number of carbonyl (C=O) groups is 4. The zero-order valence-electron chi connectivity index (χ0n) is 17.0. The molecule has 0 aromatic heterocycles. The average Bonchev–Trinajstić information content (AvgIpc) is 2.74. The van der Waals surface area contributed by atoms with Crippen LogP contribution in [0.5, 0.6) is 0 Å². The van der Waals surface area contributed by atoms with Crippen LogP contribution >= 0.6 is 0 Å². The molecule has 12 atom stereocenters. The van der Waals surface area contributed by atoms with E-state index in [9.17, 15) is 19.2 Å². The molecule has 30 heavy (non-hydrogen) atoms. The Hall–Kier alpha value is -1.72. The zero-order valence-corrected chi connectivity index (χ0v) is 17.0. The predicted octanol–water partition coefficient (Wildman–Crippen LogP) is 2.74. The molecule has 2 aliphatic heterocycles. The molecule has 0 amide bonds. The van der Waals surface area contributed by atoms with Crippen molar-refractivity contribution in [3.63, 3.8) is 0 Å². The molecule has 6 heteroatoms. The van der Waals surface area contributed by atoms with E-state index in [0.717, 1.165) is 51.4 Å². The highest BCUT2D eigenvalue weighted by Crippen LogP contribution is 2.68. The van der Waals surface area contributed by atoms with E-state index < -0.39 is 0 Å². The largest absolute Gasteiger partial charge is 0.393 e. The molecule has 7 rings (SSSR count). The van der Waals surface area contributed by atoms with Gasteiger partial charge in [0.05, 0.1) is 23.7 Å². The van der Waals surface area contributed by atoms with Gasteiger partial charge >= 0.3 is 23.9 Å². The number of hydrogen-bond acceptors (Lipinski definition) is 6. The van der Waals surface area contributed by atoms with E-state index >= 15 is 0 Å². The summed E-state index contributed by atoms with van der Waals surface area (Å²) in [6.07, 6.45) is 7.39. The van der Waals surface area contributed by atoms with E-state index in [2.05, 4.69) is 0 Å². The molecule has 2 saturated heterocycles. The van der Waals surface area contributed by atoms with Gasteiger partial charge in [-0.1, -0.05) is 0 Å². The molecule has 0 bridgehead atoms. The quantitative estimate of drug-likeness (QED) is 0.449. The Balaban J connectivity index is 1.31. The normalized spacial score (nSPS) is 55.7. The van der Waals surface area contributed by atoms with Crippen molar-refractivity contribution in [2.75, 3.05) is 0 Å². The van der Waals surface area contributed by atoms with Crippen molar-refractivity contribution in [3.8, 4) is 0 Å². The second kappa shape index (κ2) is 5.95. The van der Waals surface area contributed by atoms with Gasteiger partial charge < -0.3 is 9.47 Å². The molecular formula is C24H28O6. The Morgan fingerprint density at radius 1 is 0.400 bits per heavy atom. The Labute approximate surface area is 175 Å². The molecule has 5 aliphatic carbocycles. The maximum atomic E-state index is 12.6. The smallest absolute Gasteiger partial charge is 0.316 e. The van der Waals surface area contributed by atoms with Crippen molar-refractivity contribution >= 4 is 23.9 Å². The van der Waals surface area contributed by atoms with Crippen LogP contribution in [-0.2, 0) is 28.7 Å². The summed E-state index contributed by atoms with van der Waals surface area (Å²) in [5, 5.41) is 0. The lowest BCUT2D eigenvalue weighted by Gasteiger charge is -2.66. The number of cyclic esters (lactones) is 4. The standard InChI is InChI=1S/C24H28O6/c25-21-13-5-1-9-10-2-6-15-20-16(24(28)30-23(15)27)8-4-12(18(10)20)11-3-7-14(22(26)29-21)19(13)17(9)11/h9-20H,1-8H2/t9-,10?,11+,12?,13?,14?,15+,16-,17?,18?,19?,20?. The zero-order chi connectivity index (χ0) is 20.3. The van der Waals surface area contributed by atoms with E-state index in [-0.39, 0.29) is 59.4 Å². The van der Waals surface area contributed by atoms with Crippen LogP contribution in [0.1, 0.15) is 51.4 Å². The first-order valence-corrected chi connectivity index (χ1v) is 12.1. The monoisotopic (exact) mass is 412 g/mol. The lowest BCUT2D eigenvalue weighted by molar-refractivity contribution is -0.222. The minimum absolute atomic E-state index is 0.104. The number of rotatable bonds is 0. The summed E-state index contributed by atoms with van der Waals surface area (Å²) in [6.45, 7) is 0. The molecule has 0 aromatic carbocycles. The molecule has 0 N–H and O–H groups in total. The fourth-order valence-electron chi connectivity index (χ4n) is 10.0. The lowest BCUT2D eigenvalue weighted by Crippen LogP contribution is -2.65. The van der Waals surface area contributed by atoms with Gasteiger partial charge in [-0.25, -0.2) is 0 Å². The van der Waals surface area contributed by atoms with Crippen LogP contribution in [0.4, 0.5) is 0 Å². The fraction of sp³-hybridized carbons (Fsp3) is 0.833. The third kappa shape index (κ3) is 2.06. The van der Waals surface area contributed by atoms with Gasteiger partial charge in [-0.3, -0.25) is 19.2 Å². The summed E-state index contributed by atoms with van der Waals surface area (Å²) in [4.78, 5) is 50.2. The van der Waals surface area contributed by atoms with Crippen LogP contribution in [0.15, 0.2) is 0 Å². The van der Waals surface area contributed by atoms with Gasteiger partial charge in [0.1, 0.15) is 0 Å². The second-order valence-electron chi connectivity index (χ2n) is 11.2. The molecule has 7 fully saturated rings. The first kappa shape index (κ1) is 17.9. The van der Waals surface area contributed by atoms with E-state index in [1.165, 1.54) is 0 Å². The minimum Gasteiger partial charge on any atom is -0.393 e. The van der Waals surface area contributed by atoms with Gasteiger partial charge in [-0.2, -0.15) is 0 Å². The van der Waals surface area contributed by atoms with E-state index in [0.29, 0.717) is 35.5 Å². The molecule has 8 unspecified atom stereocenters. The molecule has 160 valence electrons. The van der Waals surface area contributed by atoms with Crippen molar-refractivity contribution in [1.82, 2.24) is 0 Å². The Morgan fingerprint density at radius 3 is 0.933 bits per heavy atom. The van der Waals surface area contributed by atoms with Crippen LogP contribution in [0.2, 0.25) is 0 Å². The number of hydrogen-bond donors (Lipinski definition) is 0. The summed E-state index contributed by atoms with van der Waals surface area (Å²) in [5.74, 6) is 1.72. The maximum Gasteiger partial charge on any atom is 0.316 e. The van der Waals surface area contributed by atoms with E-state index in [1.807, 2.05) is 0 Å².